The number of piperazine rings is 1. The summed E-state index contributed by atoms with van der Waals surface area (Å²) in [5, 5.41) is 2.94. The fraction of sp³-hybridized carbons (Fsp3) is 0.263. The van der Waals surface area contributed by atoms with Crippen LogP contribution >= 0.6 is 11.6 Å². The Bertz CT molecular complexity index is 811. The van der Waals surface area contributed by atoms with Crippen molar-refractivity contribution in [3.63, 3.8) is 0 Å². The maximum Gasteiger partial charge on any atom is 0.321 e. The molecule has 0 atom stereocenters. The quantitative estimate of drug-likeness (QED) is 0.870. The number of ether oxygens (including phenoxy) is 1. The minimum absolute atomic E-state index is 0.116. The highest BCUT2D eigenvalue weighted by Gasteiger charge is 2.24. The van der Waals surface area contributed by atoms with Crippen molar-refractivity contribution in [3.8, 4) is 5.75 Å². The number of hydrogen-bond donors (Lipinski definition) is 1. The molecule has 0 spiro atoms. The molecule has 0 aliphatic carbocycles. The van der Waals surface area contributed by atoms with Gasteiger partial charge >= 0.3 is 6.03 Å². The van der Waals surface area contributed by atoms with Gasteiger partial charge in [0.1, 0.15) is 11.6 Å². The molecule has 1 aliphatic rings. The number of carbonyl (C=O) groups is 2. The second kappa shape index (κ2) is 8.73. The summed E-state index contributed by atoms with van der Waals surface area (Å²) in [5.41, 5.74) is 0.727. The van der Waals surface area contributed by atoms with Crippen LogP contribution in [0.4, 0.5) is 14.9 Å². The molecular formula is C19H19ClFN3O3. The van der Waals surface area contributed by atoms with Gasteiger partial charge in [-0.15, -0.1) is 0 Å². The maximum absolute atomic E-state index is 13.0. The van der Waals surface area contributed by atoms with Crippen LogP contribution in [0.25, 0.3) is 0 Å². The molecule has 1 aliphatic heterocycles. The molecule has 3 amide bonds. The Kier molecular flexibility index (Phi) is 6.13. The van der Waals surface area contributed by atoms with Crippen molar-refractivity contribution in [1.82, 2.24) is 9.80 Å². The molecule has 0 radical (unpaired) electrons. The maximum atomic E-state index is 13.0. The van der Waals surface area contributed by atoms with Crippen LogP contribution in [-0.4, -0.2) is 54.5 Å². The highest BCUT2D eigenvalue weighted by Crippen LogP contribution is 2.24. The third-order valence-corrected chi connectivity index (χ3v) is 4.49. The van der Waals surface area contributed by atoms with Crippen LogP contribution in [0.3, 0.4) is 0 Å². The average molecular weight is 392 g/mol. The van der Waals surface area contributed by atoms with Crippen molar-refractivity contribution in [2.45, 2.75) is 0 Å². The topological polar surface area (TPSA) is 61.9 Å². The van der Waals surface area contributed by atoms with Crippen LogP contribution in [-0.2, 0) is 4.79 Å². The Hall–Kier alpha value is -2.80. The van der Waals surface area contributed by atoms with Crippen molar-refractivity contribution < 1.29 is 18.7 Å². The molecule has 0 unspecified atom stereocenters. The van der Waals surface area contributed by atoms with Crippen molar-refractivity contribution in [2.24, 2.45) is 0 Å². The Morgan fingerprint density at radius 1 is 1.04 bits per heavy atom. The number of urea groups is 1. The average Bonchev–Trinajstić information content (AvgIpc) is 2.68. The zero-order valence-corrected chi connectivity index (χ0v) is 15.3. The lowest BCUT2D eigenvalue weighted by atomic mass is 10.3. The zero-order chi connectivity index (χ0) is 19.2. The Balaban J connectivity index is 1.45. The smallest absolute Gasteiger partial charge is 0.321 e. The van der Waals surface area contributed by atoms with E-state index in [1.54, 1.807) is 9.80 Å². The second-order valence-electron chi connectivity index (χ2n) is 6.03. The summed E-state index contributed by atoms with van der Waals surface area (Å²) in [6.07, 6.45) is 0. The van der Waals surface area contributed by atoms with E-state index in [2.05, 4.69) is 5.32 Å². The van der Waals surface area contributed by atoms with E-state index >= 15 is 0 Å². The predicted octanol–water partition coefficient (Wildman–Crippen LogP) is 3.23. The highest BCUT2D eigenvalue weighted by atomic mass is 35.5. The van der Waals surface area contributed by atoms with E-state index in [-0.39, 0.29) is 29.3 Å². The molecule has 1 heterocycles. The number of amides is 3. The number of anilines is 1. The third-order valence-electron chi connectivity index (χ3n) is 4.19. The van der Waals surface area contributed by atoms with Gasteiger partial charge in [0.05, 0.1) is 5.02 Å². The van der Waals surface area contributed by atoms with E-state index in [1.807, 2.05) is 30.3 Å². The van der Waals surface area contributed by atoms with Gasteiger partial charge in [-0.2, -0.15) is 0 Å². The first-order valence-electron chi connectivity index (χ1n) is 8.49. The number of para-hydroxylation sites is 1. The van der Waals surface area contributed by atoms with Crippen LogP contribution < -0.4 is 10.1 Å². The Morgan fingerprint density at radius 3 is 2.37 bits per heavy atom. The lowest BCUT2D eigenvalue weighted by molar-refractivity contribution is -0.134. The van der Waals surface area contributed by atoms with Gasteiger partial charge in [0.25, 0.3) is 5.91 Å². The molecule has 8 heteroatoms. The monoisotopic (exact) mass is 391 g/mol. The summed E-state index contributed by atoms with van der Waals surface area (Å²) in [7, 11) is 0. The van der Waals surface area contributed by atoms with Crippen LogP contribution in [0.2, 0.25) is 5.02 Å². The molecule has 27 heavy (non-hydrogen) atoms. The summed E-state index contributed by atoms with van der Waals surface area (Å²) in [5.74, 6) is -0.422. The van der Waals surface area contributed by atoms with Crippen molar-refractivity contribution in [2.75, 3.05) is 38.1 Å². The largest absolute Gasteiger partial charge is 0.482 e. The summed E-state index contributed by atoms with van der Waals surface area (Å²) in [6, 6.07) is 12.7. The lowest BCUT2D eigenvalue weighted by Crippen LogP contribution is -2.52. The zero-order valence-electron chi connectivity index (χ0n) is 14.5. The van der Waals surface area contributed by atoms with E-state index in [0.29, 0.717) is 26.2 Å². The summed E-state index contributed by atoms with van der Waals surface area (Å²) < 4.78 is 18.4. The van der Waals surface area contributed by atoms with Crippen molar-refractivity contribution >= 4 is 29.2 Å². The first-order chi connectivity index (χ1) is 13.0. The molecule has 0 saturated carbocycles. The molecule has 3 rings (SSSR count). The van der Waals surface area contributed by atoms with E-state index in [9.17, 15) is 14.0 Å². The molecule has 1 N–H and O–H groups in total. The minimum atomic E-state index is -0.469. The second-order valence-corrected chi connectivity index (χ2v) is 6.43. The van der Waals surface area contributed by atoms with Crippen LogP contribution in [0.1, 0.15) is 0 Å². The van der Waals surface area contributed by atoms with Crippen LogP contribution in [0, 0.1) is 5.82 Å². The summed E-state index contributed by atoms with van der Waals surface area (Å²) in [4.78, 5) is 27.8. The lowest BCUT2D eigenvalue weighted by Gasteiger charge is -2.34. The number of carbonyl (C=O) groups excluding carboxylic acids is 2. The molecule has 1 saturated heterocycles. The third kappa shape index (κ3) is 5.10. The standard InChI is InChI=1S/C19H19ClFN3O3/c20-16-12-14(21)6-7-17(16)27-13-18(25)23-8-10-24(11-9-23)19(26)22-15-4-2-1-3-5-15/h1-7,12H,8-11,13H2,(H,22,26). The summed E-state index contributed by atoms with van der Waals surface area (Å²) in [6.45, 7) is 1.51. The van der Waals surface area contributed by atoms with E-state index in [4.69, 9.17) is 16.3 Å². The molecule has 1 fully saturated rings. The summed E-state index contributed by atoms with van der Waals surface area (Å²) >= 11 is 5.88. The van der Waals surface area contributed by atoms with Crippen molar-refractivity contribution in [3.05, 3.63) is 59.4 Å². The SMILES string of the molecule is O=C(COc1ccc(F)cc1Cl)N1CCN(C(=O)Nc2ccccc2)CC1. The van der Waals surface area contributed by atoms with Gasteiger partial charge in [0, 0.05) is 31.9 Å². The number of nitrogens with one attached hydrogen (secondary N) is 1. The molecule has 2 aromatic carbocycles. The normalized spacial score (nSPS) is 14.0. The predicted molar refractivity (Wildman–Crippen MR) is 101 cm³/mol. The number of hydrogen-bond acceptors (Lipinski definition) is 3. The fourth-order valence-electron chi connectivity index (χ4n) is 2.71. The van der Waals surface area contributed by atoms with Gasteiger partial charge in [-0.1, -0.05) is 29.8 Å². The van der Waals surface area contributed by atoms with Crippen molar-refractivity contribution in [1.29, 1.82) is 0 Å². The Morgan fingerprint density at radius 2 is 1.70 bits per heavy atom. The molecule has 0 bridgehead atoms. The minimum Gasteiger partial charge on any atom is -0.482 e. The number of nitrogens with zero attached hydrogens (tertiary/aromatic N) is 2. The molecule has 6 nitrogen and oxygen atoms in total. The molecule has 142 valence electrons. The van der Waals surface area contributed by atoms with Crippen LogP contribution in [0.5, 0.6) is 5.75 Å². The van der Waals surface area contributed by atoms with Gasteiger partial charge in [0.15, 0.2) is 6.61 Å². The number of benzene rings is 2. The van der Waals surface area contributed by atoms with Gasteiger partial charge in [-0.05, 0) is 30.3 Å². The molecule has 2 aromatic rings. The van der Waals surface area contributed by atoms with E-state index in [1.165, 1.54) is 12.1 Å². The van der Waals surface area contributed by atoms with Crippen LogP contribution in [0.15, 0.2) is 48.5 Å². The first kappa shape index (κ1) is 19.0. The van der Waals surface area contributed by atoms with Gasteiger partial charge in [-0.25, -0.2) is 9.18 Å². The number of halogens is 2. The number of rotatable bonds is 4. The highest BCUT2D eigenvalue weighted by molar-refractivity contribution is 6.32. The van der Waals surface area contributed by atoms with Gasteiger partial charge < -0.3 is 19.9 Å². The first-order valence-corrected chi connectivity index (χ1v) is 8.87. The Labute approximate surface area is 161 Å². The van der Waals surface area contributed by atoms with E-state index in [0.717, 1.165) is 11.8 Å². The fourth-order valence-corrected chi connectivity index (χ4v) is 2.93. The van der Waals surface area contributed by atoms with Gasteiger partial charge in [-0.3, -0.25) is 4.79 Å². The van der Waals surface area contributed by atoms with E-state index < -0.39 is 5.82 Å². The van der Waals surface area contributed by atoms with Gasteiger partial charge in [0.2, 0.25) is 0 Å². The molecular weight excluding hydrogens is 373 g/mol. The molecule has 0 aromatic heterocycles.